The van der Waals surface area contributed by atoms with Gasteiger partial charge in [-0.25, -0.2) is 0 Å². The molecule has 2 aliphatic rings. The SMILES string of the molecule is Cc1cc(OCc2cccc(CC3=CC=CC(OCCCN4CC[C@@H](O)C4)C3C)c2C)cc(OCc2cncc(C#N)c2)c1CNC(CO)(CO)CO. The van der Waals surface area contributed by atoms with Crippen molar-refractivity contribution in [2.45, 2.75) is 77.5 Å². The van der Waals surface area contributed by atoms with Gasteiger partial charge in [-0.1, -0.05) is 48.9 Å². The highest BCUT2D eigenvalue weighted by molar-refractivity contribution is 5.47. The number of allylic oxidation sites excluding steroid dienone is 2. The Morgan fingerprint density at radius 3 is 2.57 bits per heavy atom. The van der Waals surface area contributed by atoms with Crippen molar-refractivity contribution in [1.29, 1.82) is 5.26 Å². The van der Waals surface area contributed by atoms with Crippen LogP contribution in [0.1, 0.15) is 58.7 Å². The Balaban J connectivity index is 1.24. The minimum absolute atomic E-state index is 0.0303. The molecule has 11 nitrogen and oxygen atoms in total. The summed E-state index contributed by atoms with van der Waals surface area (Å²) in [6.07, 6.45) is 12.1. The number of likely N-dealkylation sites (tertiary alicyclic amines) is 1. The maximum absolute atomic E-state index is 9.87. The lowest BCUT2D eigenvalue weighted by molar-refractivity contribution is 0.0411. The van der Waals surface area contributed by atoms with E-state index in [0.29, 0.717) is 30.3 Å². The molecule has 0 amide bonds. The topological polar surface area (TPSA) is 161 Å². The molecule has 0 saturated carbocycles. The zero-order chi connectivity index (χ0) is 37.8. The molecule has 0 bridgehead atoms. The van der Waals surface area contributed by atoms with Crippen LogP contribution in [0.3, 0.4) is 0 Å². The first-order valence-electron chi connectivity index (χ1n) is 18.4. The van der Waals surface area contributed by atoms with Crippen LogP contribution in [-0.2, 0) is 30.9 Å². The lowest BCUT2D eigenvalue weighted by Crippen LogP contribution is -2.54. The minimum Gasteiger partial charge on any atom is -0.489 e. The Morgan fingerprint density at radius 2 is 1.83 bits per heavy atom. The van der Waals surface area contributed by atoms with E-state index in [-0.39, 0.29) is 31.3 Å². The number of aryl methyl sites for hydroxylation is 1. The van der Waals surface area contributed by atoms with Gasteiger partial charge >= 0.3 is 0 Å². The second kappa shape index (κ2) is 19.3. The molecular formula is C42H54N4O7. The summed E-state index contributed by atoms with van der Waals surface area (Å²) >= 11 is 0. The van der Waals surface area contributed by atoms with E-state index in [2.05, 4.69) is 71.5 Å². The summed E-state index contributed by atoms with van der Waals surface area (Å²) in [5, 5.41) is 51.8. The Labute approximate surface area is 313 Å². The first-order valence-corrected chi connectivity index (χ1v) is 18.4. The first kappa shape index (κ1) is 40.1. The van der Waals surface area contributed by atoms with Crippen molar-refractivity contribution in [2.75, 3.05) is 46.1 Å². The molecule has 1 fully saturated rings. The number of pyridine rings is 1. The molecule has 284 valence electrons. The van der Waals surface area contributed by atoms with Crippen molar-refractivity contribution in [3.8, 4) is 17.6 Å². The van der Waals surface area contributed by atoms with E-state index in [0.717, 1.165) is 61.2 Å². The second-order valence-electron chi connectivity index (χ2n) is 14.3. The number of aromatic nitrogens is 1. The lowest BCUT2D eigenvalue weighted by Gasteiger charge is -2.29. The fourth-order valence-corrected chi connectivity index (χ4v) is 6.80. The number of hydrogen-bond donors (Lipinski definition) is 5. The Bertz CT molecular complexity index is 1760. The molecule has 53 heavy (non-hydrogen) atoms. The molecule has 1 saturated heterocycles. The van der Waals surface area contributed by atoms with E-state index in [1.165, 1.54) is 22.9 Å². The van der Waals surface area contributed by atoms with Gasteiger partial charge in [0, 0.05) is 68.3 Å². The molecule has 1 aliphatic carbocycles. The molecular weight excluding hydrogens is 672 g/mol. The number of nitrogens with one attached hydrogen (secondary N) is 1. The van der Waals surface area contributed by atoms with Crippen molar-refractivity contribution in [1.82, 2.24) is 15.2 Å². The van der Waals surface area contributed by atoms with Gasteiger partial charge in [0.15, 0.2) is 0 Å². The van der Waals surface area contributed by atoms with E-state index in [1.807, 2.05) is 19.1 Å². The zero-order valence-electron chi connectivity index (χ0n) is 31.1. The standard InChI is InChI=1S/C42H54N4O7/c1-29-15-38(18-41(39(29)22-45-42(26-47,27-48)28-49)53-24-33-16-32(19-43)20-44-21-33)52-25-36-9-4-7-34(30(36)2)17-35-8-5-10-40(31(35)3)51-14-6-12-46-13-11-37(50)23-46/h4-5,7-10,15-16,18,20-21,31,37,40,45,47-50H,6,11-14,17,22-28H2,1-3H3/t31?,37-,40?/m1/s1. The molecule has 0 spiro atoms. The third-order valence-corrected chi connectivity index (χ3v) is 10.5. The highest BCUT2D eigenvalue weighted by Crippen LogP contribution is 2.32. The van der Waals surface area contributed by atoms with Crippen LogP contribution in [0.25, 0.3) is 0 Å². The molecule has 3 aromatic rings. The maximum atomic E-state index is 9.87. The van der Waals surface area contributed by atoms with Gasteiger partial charge in [0.1, 0.15) is 30.8 Å². The fourth-order valence-electron chi connectivity index (χ4n) is 6.80. The van der Waals surface area contributed by atoms with Gasteiger partial charge in [0.2, 0.25) is 0 Å². The number of benzene rings is 2. The maximum Gasteiger partial charge on any atom is 0.128 e. The van der Waals surface area contributed by atoms with Crippen LogP contribution in [0.2, 0.25) is 0 Å². The fraction of sp³-hybridized carbons (Fsp3) is 0.476. The third kappa shape index (κ3) is 10.7. The predicted molar refractivity (Wildman–Crippen MR) is 202 cm³/mol. The summed E-state index contributed by atoms with van der Waals surface area (Å²) in [4.78, 5) is 6.44. The Morgan fingerprint density at radius 1 is 1.04 bits per heavy atom. The second-order valence-corrected chi connectivity index (χ2v) is 14.3. The highest BCUT2D eigenvalue weighted by atomic mass is 16.5. The monoisotopic (exact) mass is 726 g/mol. The normalized spacial score (nSPS) is 18.9. The number of hydrogen-bond acceptors (Lipinski definition) is 11. The van der Waals surface area contributed by atoms with E-state index < -0.39 is 25.4 Å². The molecule has 1 aromatic heterocycles. The van der Waals surface area contributed by atoms with Crippen LogP contribution in [0.15, 0.2) is 72.6 Å². The van der Waals surface area contributed by atoms with Crippen LogP contribution in [0, 0.1) is 31.1 Å². The largest absolute Gasteiger partial charge is 0.489 e. The molecule has 2 heterocycles. The lowest BCUT2D eigenvalue weighted by atomic mass is 9.85. The average Bonchev–Trinajstić information content (AvgIpc) is 3.60. The summed E-state index contributed by atoms with van der Waals surface area (Å²) in [6.45, 7) is 9.02. The van der Waals surface area contributed by atoms with Crippen LogP contribution >= 0.6 is 0 Å². The summed E-state index contributed by atoms with van der Waals surface area (Å²) < 4.78 is 19.0. The van der Waals surface area contributed by atoms with Gasteiger partial charge in [-0.05, 0) is 67.5 Å². The van der Waals surface area contributed by atoms with Gasteiger partial charge in [-0.15, -0.1) is 0 Å². The van der Waals surface area contributed by atoms with Gasteiger partial charge in [-0.3, -0.25) is 4.98 Å². The van der Waals surface area contributed by atoms with E-state index in [9.17, 15) is 25.7 Å². The van der Waals surface area contributed by atoms with Crippen molar-refractivity contribution in [2.24, 2.45) is 5.92 Å². The molecule has 2 unspecified atom stereocenters. The van der Waals surface area contributed by atoms with Crippen molar-refractivity contribution < 1.29 is 34.6 Å². The van der Waals surface area contributed by atoms with Crippen LogP contribution < -0.4 is 14.8 Å². The van der Waals surface area contributed by atoms with Crippen LogP contribution in [0.4, 0.5) is 0 Å². The van der Waals surface area contributed by atoms with Crippen LogP contribution in [-0.4, -0.2) is 94.1 Å². The molecule has 2 aromatic carbocycles. The quantitative estimate of drug-likeness (QED) is 0.114. The summed E-state index contributed by atoms with van der Waals surface area (Å²) in [6, 6.07) is 13.9. The minimum atomic E-state index is -1.26. The van der Waals surface area contributed by atoms with Crippen molar-refractivity contribution in [3.63, 3.8) is 0 Å². The number of aliphatic hydroxyl groups excluding tert-OH is 4. The zero-order valence-corrected chi connectivity index (χ0v) is 31.1. The number of nitrogens with zero attached hydrogens (tertiary/aromatic N) is 3. The first-order chi connectivity index (χ1) is 25.7. The van der Waals surface area contributed by atoms with Gasteiger partial charge in [0.05, 0.1) is 43.1 Å². The summed E-state index contributed by atoms with van der Waals surface area (Å²) in [5.41, 5.74) is 6.34. The summed E-state index contributed by atoms with van der Waals surface area (Å²) in [7, 11) is 0. The Kier molecular flexibility index (Phi) is 14.6. The Hall–Kier alpha value is -4.12. The molecule has 5 rings (SSSR count). The third-order valence-electron chi connectivity index (χ3n) is 10.5. The molecule has 1 aliphatic heterocycles. The average molecular weight is 727 g/mol. The van der Waals surface area contributed by atoms with E-state index >= 15 is 0 Å². The molecule has 3 atom stereocenters. The number of ether oxygens (including phenoxy) is 3. The van der Waals surface area contributed by atoms with Crippen molar-refractivity contribution >= 4 is 0 Å². The van der Waals surface area contributed by atoms with Gasteiger partial charge < -0.3 is 44.9 Å². The number of β-amino-alcohol motifs (C(OH)–C–C–N with tert-alkyl or cyclic N) is 1. The molecule has 5 N–H and O–H groups in total. The number of rotatable bonds is 19. The van der Waals surface area contributed by atoms with Crippen LogP contribution in [0.5, 0.6) is 11.5 Å². The highest BCUT2D eigenvalue weighted by Gasteiger charge is 2.28. The molecule has 0 radical (unpaired) electrons. The smallest absolute Gasteiger partial charge is 0.128 e. The van der Waals surface area contributed by atoms with Gasteiger partial charge in [-0.2, -0.15) is 5.26 Å². The van der Waals surface area contributed by atoms with E-state index in [4.69, 9.17) is 14.2 Å². The van der Waals surface area contributed by atoms with E-state index in [1.54, 1.807) is 12.3 Å². The molecule has 11 heteroatoms. The van der Waals surface area contributed by atoms with Gasteiger partial charge in [0.25, 0.3) is 0 Å². The predicted octanol–water partition coefficient (Wildman–Crippen LogP) is 4.05. The number of aliphatic hydroxyl groups is 4. The van der Waals surface area contributed by atoms with Crippen molar-refractivity contribution in [3.05, 3.63) is 112 Å². The number of nitriles is 1. The summed E-state index contributed by atoms with van der Waals surface area (Å²) in [5.74, 6) is 1.39.